The van der Waals surface area contributed by atoms with E-state index in [-0.39, 0.29) is 5.69 Å². The van der Waals surface area contributed by atoms with Crippen molar-refractivity contribution < 1.29 is 9.53 Å². The van der Waals surface area contributed by atoms with E-state index >= 15 is 0 Å². The van der Waals surface area contributed by atoms with Crippen LogP contribution in [0.1, 0.15) is 23.2 Å². The van der Waals surface area contributed by atoms with Gasteiger partial charge in [-0.25, -0.2) is 19.7 Å². The molecule has 0 aliphatic rings. The Labute approximate surface area is 112 Å². The smallest absolute Gasteiger partial charge is 0.358 e. The van der Waals surface area contributed by atoms with Crippen LogP contribution < -0.4 is 0 Å². The molecule has 0 fully saturated rings. The first-order valence-electron chi connectivity index (χ1n) is 5.13. The second kappa shape index (κ2) is 5.87. The first-order chi connectivity index (χ1) is 8.72. The quantitative estimate of drug-likeness (QED) is 0.791. The molecule has 6 nitrogen and oxygen atoms in total. The van der Waals surface area contributed by atoms with Gasteiger partial charge in [0.1, 0.15) is 10.9 Å². The molecule has 0 saturated heterocycles. The van der Waals surface area contributed by atoms with Gasteiger partial charge in [0.05, 0.1) is 19.5 Å². The lowest BCUT2D eigenvalue weighted by atomic mass is 10.5. The van der Waals surface area contributed by atoms with Crippen LogP contribution in [-0.4, -0.2) is 32.4 Å². The number of methoxy groups -OCH3 is 1. The second-order valence-electron chi connectivity index (χ2n) is 3.16. The molecule has 8 heteroatoms. The minimum Gasteiger partial charge on any atom is -0.464 e. The van der Waals surface area contributed by atoms with Crippen LogP contribution in [0.25, 0.3) is 0 Å². The molecule has 2 aromatic rings. The lowest BCUT2D eigenvalue weighted by Crippen LogP contribution is -2.04. The van der Waals surface area contributed by atoms with Crippen LogP contribution in [0.15, 0.2) is 21.8 Å². The molecule has 0 saturated carbocycles. The van der Waals surface area contributed by atoms with Crippen LogP contribution in [0.5, 0.6) is 0 Å². The summed E-state index contributed by atoms with van der Waals surface area (Å²) in [6.07, 6.45) is 3.71. The van der Waals surface area contributed by atoms with Gasteiger partial charge < -0.3 is 4.74 Å². The van der Waals surface area contributed by atoms with E-state index in [1.54, 1.807) is 0 Å². The zero-order valence-electron chi connectivity index (χ0n) is 9.78. The number of aryl methyl sites for hydroxylation is 1. The monoisotopic (exact) mass is 282 g/mol. The highest BCUT2D eigenvalue weighted by atomic mass is 32.2. The van der Waals surface area contributed by atoms with Crippen LogP contribution in [0, 0.1) is 0 Å². The summed E-state index contributed by atoms with van der Waals surface area (Å²) in [5.41, 5.74) is 0.188. The normalized spacial score (nSPS) is 10.3. The summed E-state index contributed by atoms with van der Waals surface area (Å²) in [4.78, 5) is 23.6. The van der Waals surface area contributed by atoms with Crippen LogP contribution in [0.3, 0.4) is 0 Å². The summed E-state index contributed by atoms with van der Waals surface area (Å²) in [6.45, 7) is 2.00. The Bertz CT molecular complexity index is 541. The summed E-state index contributed by atoms with van der Waals surface area (Å²) in [7, 11) is 1.31. The highest BCUT2D eigenvalue weighted by molar-refractivity contribution is 8.00. The Hall–Kier alpha value is -1.54. The third-order valence-corrected chi connectivity index (χ3v) is 3.69. The Morgan fingerprint density at radius 3 is 2.83 bits per heavy atom. The van der Waals surface area contributed by atoms with E-state index in [0.29, 0.717) is 5.03 Å². The van der Waals surface area contributed by atoms with Gasteiger partial charge in [-0.3, -0.25) is 0 Å². The Morgan fingerprint density at radius 1 is 1.44 bits per heavy atom. The molecular weight excluding hydrogens is 272 g/mol. The highest BCUT2D eigenvalue weighted by Crippen LogP contribution is 2.26. The van der Waals surface area contributed by atoms with E-state index in [0.717, 1.165) is 16.6 Å². The van der Waals surface area contributed by atoms with Crippen molar-refractivity contribution in [2.24, 2.45) is 0 Å². The molecule has 0 radical (unpaired) electrons. The van der Waals surface area contributed by atoms with E-state index in [1.807, 2.05) is 6.92 Å². The maximum atomic E-state index is 11.2. The fourth-order valence-corrected chi connectivity index (χ4v) is 2.65. The van der Waals surface area contributed by atoms with Gasteiger partial charge in [0.25, 0.3) is 0 Å². The second-order valence-corrected chi connectivity index (χ2v) is 5.18. The average Bonchev–Trinajstić information content (AvgIpc) is 2.86. The Morgan fingerprint density at radius 2 is 2.28 bits per heavy atom. The molecule has 0 aliphatic heterocycles. The van der Waals surface area contributed by atoms with Crippen LogP contribution in [0.4, 0.5) is 0 Å². The van der Waals surface area contributed by atoms with E-state index in [9.17, 15) is 4.79 Å². The predicted octanol–water partition coefficient (Wildman–Crippen LogP) is 1.83. The zero-order valence-corrected chi connectivity index (χ0v) is 11.4. The Kier molecular flexibility index (Phi) is 4.21. The molecule has 2 rings (SSSR count). The third kappa shape index (κ3) is 3.02. The molecule has 0 bridgehead atoms. The lowest BCUT2D eigenvalue weighted by Gasteiger charge is -1.98. The van der Waals surface area contributed by atoms with Gasteiger partial charge in [-0.05, 0) is 23.3 Å². The van der Waals surface area contributed by atoms with E-state index in [4.69, 9.17) is 0 Å². The number of rotatable bonds is 4. The minimum absolute atomic E-state index is 0.188. The number of ether oxygens (including phenoxy) is 1. The summed E-state index contributed by atoms with van der Waals surface area (Å²) < 4.78 is 9.53. The number of hydrogen-bond acceptors (Lipinski definition) is 8. The Balaban J connectivity index is 2.08. The van der Waals surface area contributed by atoms with Crippen molar-refractivity contribution >= 4 is 29.3 Å². The van der Waals surface area contributed by atoms with Gasteiger partial charge in [-0.1, -0.05) is 6.92 Å². The fraction of sp³-hybridized carbons (Fsp3) is 0.300. The van der Waals surface area contributed by atoms with Crippen molar-refractivity contribution in [2.75, 3.05) is 7.11 Å². The van der Waals surface area contributed by atoms with Gasteiger partial charge in [0.15, 0.2) is 10.0 Å². The van der Waals surface area contributed by atoms with Crippen molar-refractivity contribution in [3.63, 3.8) is 0 Å². The minimum atomic E-state index is -0.497. The zero-order chi connectivity index (χ0) is 13.0. The SMILES string of the molecule is CCc1nsc(Sc2cnc(C(=O)OC)cn2)n1. The van der Waals surface area contributed by atoms with Crippen LogP contribution in [-0.2, 0) is 11.2 Å². The molecule has 2 heterocycles. The molecule has 0 unspecified atom stereocenters. The van der Waals surface area contributed by atoms with Gasteiger partial charge in [0, 0.05) is 6.42 Å². The van der Waals surface area contributed by atoms with Crippen molar-refractivity contribution in [3.05, 3.63) is 23.9 Å². The van der Waals surface area contributed by atoms with E-state index < -0.39 is 5.97 Å². The average molecular weight is 282 g/mol. The molecule has 94 valence electrons. The maximum Gasteiger partial charge on any atom is 0.358 e. The van der Waals surface area contributed by atoms with E-state index in [2.05, 4.69) is 24.1 Å². The molecule has 0 aliphatic carbocycles. The molecular formula is C10H10N4O2S2. The lowest BCUT2D eigenvalue weighted by molar-refractivity contribution is 0.0593. The summed E-state index contributed by atoms with van der Waals surface area (Å²) in [6, 6.07) is 0. The molecule has 2 aromatic heterocycles. The number of nitrogens with zero attached hydrogens (tertiary/aromatic N) is 4. The summed E-state index contributed by atoms with van der Waals surface area (Å²) in [5, 5.41) is 0.668. The molecule has 18 heavy (non-hydrogen) atoms. The molecule has 0 amide bonds. The molecule has 0 atom stereocenters. The van der Waals surface area contributed by atoms with E-state index in [1.165, 1.54) is 42.8 Å². The van der Waals surface area contributed by atoms with Crippen molar-refractivity contribution in [1.82, 2.24) is 19.3 Å². The van der Waals surface area contributed by atoms with Gasteiger partial charge >= 0.3 is 5.97 Å². The number of carbonyl (C=O) groups is 1. The van der Waals surface area contributed by atoms with Crippen LogP contribution in [0.2, 0.25) is 0 Å². The number of carbonyl (C=O) groups excluding carboxylic acids is 1. The van der Waals surface area contributed by atoms with Gasteiger partial charge in [-0.2, -0.15) is 4.37 Å². The fourth-order valence-electron chi connectivity index (χ4n) is 1.09. The highest BCUT2D eigenvalue weighted by Gasteiger charge is 2.09. The number of aromatic nitrogens is 4. The molecule has 0 spiro atoms. The molecule has 0 aromatic carbocycles. The van der Waals surface area contributed by atoms with Gasteiger partial charge in [0.2, 0.25) is 0 Å². The van der Waals surface area contributed by atoms with Gasteiger partial charge in [-0.15, -0.1) is 0 Å². The predicted molar refractivity (Wildman–Crippen MR) is 66.8 cm³/mol. The van der Waals surface area contributed by atoms with Crippen molar-refractivity contribution in [3.8, 4) is 0 Å². The standard InChI is InChI=1S/C10H10N4O2S2/c1-3-7-13-10(18-14-7)17-8-5-11-6(4-12-8)9(15)16-2/h4-5H,3H2,1-2H3. The summed E-state index contributed by atoms with van der Waals surface area (Å²) in [5.74, 6) is 0.324. The van der Waals surface area contributed by atoms with Crippen molar-refractivity contribution in [2.45, 2.75) is 22.7 Å². The largest absolute Gasteiger partial charge is 0.464 e. The number of hydrogen-bond donors (Lipinski definition) is 0. The summed E-state index contributed by atoms with van der Waals surface area (Å²) >= 11 is 2.70. The number of esters is 1. The third-order valence-electron chi connectivity index (χ3n) is 1.98. The topological polar surface area (TPSA) is 77.9 Å². The maximum absolute atomic E-state index is 11.2. The first kappa shape index (κ1) is 12.9. The molecule has 0 N–H and O–H groups in total. The van der Waals surface area contributed by atoms with Crippen LogP contribution >= 0.6 is 23.3 Å². The van der Waals surface area contributed by atoms with Crippen molar-refractivity contribution in [1.29, 1.82) is 0 Å². The first-order valence-corrected chi connectivity index (χ1v) is 6.72.